The van der Waals surface area contributed by atoms with Gasteiger partial charge in [0.05, 0.1) is 6.07 Å². The normalized spacial score (nSPS) is 35.6. The summed E-state index contributed by atoms with van der Waals surface area (Å²) < 4.78 is 15.2. The second-order valence-electron chi connectivity index (χ2n) is 6.75. The van der Waals surface area contributed by atoms with Gasteiger partial charge in [-0.1, -0.05) is 70.1 Å². The fraction of sp³-hybridized carbons (Fsp3) is 0.737. The SMILES string of the molecule is CCCCCCC1CCC(C2(F)C=CC=CC2C#N)CC1. The van der Waals surface area contributed by atoms with Crippen LogP contribution in [0.25, 0.3) is 0 Å². The number of halogens is 1. The van der Waals surface area contributed by atoms with Gasteiger partial charge in [-0.2, -0.15) is 5.26 Å². The van der Waals surface area contributed by atoms with E-state index in [1.165, 1.54) is 32.1 Å². The molecule has 0 bridgehead atoms. The largest absolute Gasteiger partial charge is 0.237 e. The summed E-state index contributed by atoms with van der Waals surface area (Å²) in [6.45, 7) is 2.24. The number of nitrogens with zero attached hydrogens (tertiary/aromatic N) is 1. The molecule has 2 unspecified atom stereocenters. The van der Waals surface area contributed by atoms with Crippen LogP contribution in [0.2, 0.25) is 0 Å². The third-order valence-electron chi connectivity index (χ3n) is 5.32. The van der Waals surface area contributed by atoms with Crippen molar-refractivity contribution in [1.82, 2.24) is 0 Å². The van der Waals surface area contributed by atoms with E-state index in [2.05, 4.69) is 13.0 Å². The Balaban J connectivity index is 1.82. The first-order valence-corrected chi connectivity index (χ1v) is 8.65. The second-order valence-corrected chi connectivity index (χ2v) is 6.75. The molecule has 0 spiro atoms. The van der Waals surface area contributed by atoms with Gasteiger partial charge >= 0.3 is 0 Å². The van der Waals surface area contributed by atoms with Crippen molar-refractivity contribution >= 4 is 0 Å². The Labute approximate surface area is 128 Å². The Kier molecular flexibility index (Phi) is 6.03. The van der Waals surface area contributed by atoms with Gasteiger partial charge in [-0.05, 0) is 30.8 Å². The summed E-state index contributed by atoms with van der Waals surface area (Å²) >= 11 is 0. The van der Waals surface area contributed by atoms with Crippen LogP contribution in [0, 0.1) is 29.1 Å². The number of allylic oxidation sites excluding steroid dienone is 4. The molecule has 21 heavy (non-hydrogen) atoms. The van der Waals surface area contributed by atoms with E-state index in [1.807, 2.05) is 0 Å². The van der Waals surface area contributed by atoms with E-state index < -0.39 is 11.6 Å². The lowest BCUT2D eigenvalue weighted by Crippen LogP contribution is -2.40. The van der Waals surface area contributed by atoms with Crippen LogP contribution in [0.4, 0.5) is 4.39 Å². The van der Waals surface area contributed by atoms with E-state index >= 15 is 4.39 Å². The van der Waals surface area contributed by atoms with E-state index in [0.717, 1.165) is 31.6 Å². The maximum Gasteiger partial charge on any atom is 0.151 e. The van der Waals surface area contributed by atoms with Crippen molar-refractivity contribution in [2.45, 2.75) is 70.4 Å². The summed E-state index contributed by atoms with van der Waals surface area (Å²) in [6, 6.07) is 2.14. The number of hydrogen-bond donors (Lipinski definition) is 0. The van der Waals surface area contributed by atoms with Crippen LogP contribution >= 0.6 is 0 Å². The van der Waals surface area contributed by atoms with Gasteiger partial charge in [0.25, 0.3) is 0 Å². The topological polar surface area (TPSA) is 23.8 Å². The first-order chi connectivity index (χ1) is 10.2. The molecule has 0 aromatic carbocycles. The Morgan fingerprint density at radius 1 is 1.14 bits per heavy atom. The molecule has 2 aliphatic carbocycles. The Morgan fingerprint density at radius 2 is 1.90 bits per heavy atom. The third kappa shape index (κ3) is 3.96. The minimum Gasteiger partial charge on any atom is -0.237 e. The summed E-state index contributed by atoms with van der Waals surface area (Å²) in [5, 5.41) is 9.20. The van der Waals surface area contributed by atoms with E-state index in [-0.39, 0.29) is 5.92 Å². The maximum atomic E-state index is 15.2. The summed E-state index contributed by atoms with van der Waals surface area (Å²) in [5.41, 5.74) is -1.43. The van der Waals surface area contributed by atoms with Crippen molar-refractivity contribution in [1.29, 1.82) is 5.26 Å². The van der Waals surface area contributed by atoms with Crippen LogP contribution < -0.4 is 0 Å². The fourth-order valence-corrected chi connectivity index (χ4v) is 3.91. The van der Waals surface area contributed by atoms with Crippen LogP contribution in [0.5, 0.6) is 0 Å². The van der Waals surface area contributed by atoms with Crippen molar-refractivity contribution in [3.05, 3.63) is 24.3 Å². The zero-order chi connectivity index (χ0) is 15.1. The highest BCUT2D eigenvalue weighted by molar-refractivity contribution is 5.28. The van der Waals surface area contributed by atoms with Gasteiger partial charge < -0.3 is 0 Å². The Morgan fingerprint density at radius 3 is 2.57 bits per heavy atom. The van der Waals surface area contributed by atoms with Gasteiger partial charge in [-0.15, -0.1) is 0 Å². The highest BCUT2D eigenvalue weighted by atomic mass is 19.1. The van der Waals surface area contributed by atoms with Gasteiger partial charge in [0, 0.05) is 0 Å². The number of alkyl halides is 1. The summed E-state index contributed by atoms with van der Waals surface area (Å²) in [4.78, 5) is 0. The minimum absolute atomic E-state index is 0.0234. The van der Waals surface area contributed by atoms with Crippen LogP contribution in [0.1, 0.15) is 64.7 Å². The van der Waals surface area contributed by atoms with Gasteiger partial charge in [0.1, 0.15) is 5.92 Å². The first kappa shape index (κ1) is 16.3. The van der Waals surface area contributed by atoms with E-state index in [0.29, 0.717) is 0 Å². The lowest BCUT2D eigenvalue weighted by Gasteiger charge is -2.39. The molecule has 1 nitrogen and oxygen atoms in total. The molecule has 2 heteroatoms. The number of nitriles is 1. The zero-order valence-electron chi connectivity index (χ0n) is 13.2. The molecular formula is C19H28FN. The van der Waals surface area contributed by atoms with Gasteiger partial charge in [-0.3, -0.25) is 0 Å². The zero-order valence-corrected chi connectivity index (χ0v) is 13.2. The number of hydrogen-bond acceptors (Lipinski definition) is 1. The van der Waals surface area contributed by atoms with Crippen molar-refractivity contribution in [2.75, 3.05) is 0 Å². The lowest BCUT2D eigenvalue weighted by atomic mass is 9.68. The van der Waals surface area contributed by atoms with Crippen LogP contribution in [0.3, 0.4) is 0 Å². The smallest absolute Gasteiger partial charge is 0.151 e. The summed E-state index contributed by atoms with van der Waals surface area (Å²) in [6.07, 6.45) is 17.7. The van der Waals surface area contributed by atoms with Crippen LogP contribution in [-0.2, 0) is 0 Å². The monoisotopic (exact) mass is 289 g/mol. The summed E-state index contributed by atoms with van der Waals surface area (Å²) in [7, 11) is 0. The lowest BCUT2D eigenvalue weighted by molar-refractivity contribution is 0.0663. The molecule has 0 N–H and O–H groups in total. The predicted octanol–water partition coefficient (Wildman–Crippen LogP) is 5.74. The molecule has 0 aromatic heterocycles. The van der Waals surface area contributed by atoms with Gasteiger partial charge in [0.15, 0.2) is 5.67 Å². The molecule has 2 atom stereocenters. The Hall–Kier alpha value is -1.10. The molecule has 0 aliphatic heterocycles. The third-order valence-corrected chi connectivity index (χ3v) is 5.32. The van der Waals surface area contributed by atoms with Gasteiger partial charge in [-0.25, -0.2) is 4.39 Å². The fourth-order valence-electron chi connectivity index (χ4n) is 3.91. The molecule has 0 radical (unpaired) electrons. The molecule has 0 heterocycles. The van der Waals surface area contributed by atoms with Crippen LogP contribution in [-0.4, -0.2) is 5.67 Å². The molecule has 1 fully saturated rings. The molecule has 0 saturated heterocycles. The number of unbranched alkanes of at least 4 members (excludes halogenated alkanes) is 3. The molecule has 0 amide bonds. The van der Waals surface area contributed by atoms with E-state index in [1.54, 1.807) is 24.3 Å². The average molecular weight is 289 g/mol. The van der Waals surface area contributed by atoms with Crippen molar-refractivity contribution < 1.29 is 4.39 Å². The number of rotatable bonds is 6. The van der Waals surface area contributed by atoms with Crippen molar-refractivity contribution in [3.8, 4) is 6.07 Å². The highest BCUT2D eigenvalue weighted by Crippen LogP contribution is 2.45. The van der Waals surface area contributed by atoms with Crippen molar-refractivity contribution in [2.24, 2.45) is 17.8 Å². The molecule has 116 valence electrons. The predicted molar refractivity (Wildman–Crippen MR) is 85.4 cm³/mol. The van der Waals surface area contributed by atoms with Crippen molar-refractivity contribution in [3.63, 3.8) is 0 Å². The second kappa shape index (κ2) is 7.78. The average Bonchev–Trinajstić information content (AvgIpc) is 2.52. The molecule has 0 aromatic rings. The molecule has 1 saturated carbocycles. The quantitative estimate of drug-likeness (QED) is 0.572. The minimum atomic E-state index is -1.43. The Bertz CT molecular complexity index is 412. The maximum absolute atomic E-state index is 15.2. The van der Waals surface area contributed by atoms with Gasteiger partial charge in [0.2, 0.25) is 0 Å². The van der Waals surface area contributed by atoms with E-state index in [4.69, 9.17) is 0 Å². The highest BCUT2D eigenvalue weighted by Gasteiger charge is 2.45. The summed E-state index contributed by atoms with van der Waals surface area (Å²) in [5.74, 6) is 0.203. The molecule has 2 rings (SSSR count). The molecular weight excluding hydrogens is 261 g/mol. The van der Waals surface area contributed by atoms with E-state index in [9.17, 15) is 5.26 Å². The standard InChI is InChI=1S/C19H28FN/c1-2-3-4-5-8-16-10-12-17(13-11-16)19(20)14-7-6-9-18(19)15-21/h6-7,9,14,16-18H,2-5,8,10-13H2,1H3. The van der Waals surface area contributed by atoms with Crippen LogP contribution in [0.15, 0.2) is 24.3 Å². The molecule has 2 aliphatic rings. The first-order valence-electron chi connectivity index (χ1n) is 8.65.